The average molecular weight is 227 g/mol. The van der Waals surface area contributed by atoms with Gasteiger partial charge in [0, 0.05) is 5.54 Å². The van der Waals surface area contributed by atoms with Gasteiger partial charge in [-0.05, 0) is 41.7 Å². The van der Waals surface area contributed by atoms with E-state index in [0.717, 1.165) is 18.4 Å². The van der Waals surface area contributed by atoms with Crippen molar-refractivity contribution in [2.75, 3.05) is 0 Å². The van der Waals surface area contributed by atoms with Gasteiger partial charge in [-0.1, -0.05) is 36.4 Å². The predicted octanol–water partition coefficient (Wildman–Crippen LogP) is 2.78. The van der Waals surface area contributed by atoms with Crippen molar-refractivity contribution < 1.29 is 4.39 Å². The molecule has 0 amide bonds. The first-order chi connectivity index (χ1) is 8.17. The summed E-state index contributed by atoms with van der Waals surface area (Å²) in [5, 5.41) is 0. The molecular formula is C15H14FN. The second-order valence-electron chi connectivity index (χ2n) is 4.79. The lowest BCUT2D eigenvalue weighted by Gasteiger charge is -2.24. The largest absolute Gasteiger partial charge is 0.321 e. The lowest BCUT2D eigenvalue weighted by molar-refractivity contribution is 0.472. The molecule has 0 saturated carbocycles. The highest BCUT2D eigenvalue weighted by Crippen LogP contribution is 2.35. The van der Waals surface area contributed by atoms with Crippen LogP contribution in [0, 0.1) is 5.82 Å². The Balaban J connectivity index is 1.98. The van der Waals surface area contributed by atoms with E-state index in [4.69, 9.17) is 5.73 Å². The van der Waals surface area contributed by atoms with Crippen molar-refractivity contribution in [2.24, 2.45) is 5.73 Å². The number of benzene rings is 2. The van der Waals surface area contributed by atoms with Crippen LogP contribution in [0.1, 0.15) is 16.7 Å². The van der Waals surface area contributed by atoms with Gasteiger partial charge < -0.3 is 5.73 Å². The zero-order valence-electron chi connectivity index (χ0n) is 9.49. The van der Waals surface area contributed by atoms with Gasteiger partial charge in [0.2, 0.25) is 0 Å². The second kappa shape index (κ2) is 3.67. The normalized spacial score (nSPS) is 16.8. The molecular weight excluding hydrogens is 213 g/mol. The molecule has 1 aliphatic carbocycles. The molecule has 0 unspecified atom stereocenters. The summed E-state index contributed by atoms with van der Waals surface area (Å²) in [5.41, 5.74) is 9.70. The maximum absolute atomic E-state index is 12.9. The highest BCUT2D eigenvalue weighted by molar-refractivity contribution is 5.41. The Kier molecular flexibility index (Phi) is 2.26. The molecule has 0 atom stereocenters. The molecule has 1 nitrogen and oxygen atoms in total. The molecule has 0 saturated heterocycles. The van der Waals surface area contributed by atoms with Crippen molar-refractivity contribution in [2.45, 2.75) is 18.4 Å². The van der Waals surface area contributed by atoms with Gasteiger partial charge in [-0.2, -0.15) is 0 Å². The first-order valence-electron chi connectivity index (χ1n) is 5.79. The number of hydrogen-bond donors (Lipinski definition) is 1. The predicted molar refractivity (Wildman–Crippen MR) is 66.1 cm³/mol. The Labute approximate surface area is 100 Å². The maximum atomic E-state index is 12.9. The third-order valence-corrected chi connectivity index (χ3v) is 3.55. The fourth-order valence-corrected chi connectivity index (χ4v) is 2.63. The summed E-state index contributed by atoms with van der Waals surface area (Å²) in [4.78, 5) is 0. The zero-order valence-corrected chi connectivity index (χ0v) is 9.49. The fourth-order valence-electron chi connectivity index (χ4n) is 2.63. The van der Waals surface area contributed by atoms with E-state index in [1.165, 1.54) is 23.3 Å². The Morgan fingerprint density at radius 2 is 1.41 bits per heavy atom. The van der Waals surface area contributed by atoms with Crippen LogP contribution in [0.15, 0.2) is 48.5 Å². The maximum Gasteiger partial charge on any atom is 0.123 e. The third-order valence-electron chi connectivity index (χ3n) is 3.55. The quantitative estimate of drug-likeness (QED) is 0.796. The first kappa shape index (κ1) is 10.5. The molecule has 0 fully saturated rings. The molecule has 0 aliphatic heterocycles. The van der Waals surface area contributed by atoms with E-state index in [2.05, 4.69) is 12.1 Å². The molecule has 2 aromatic rings. The summed E-state index contributed by atoms with van der Waals surface area (Å²) >= 11 is 0. The minimum atomic E-state index is -0.378. The van der Waals surface area contributed by atoms with E-state index in [0.29, 0.717) is 0 Å². The van der Waals surface area contributed by atoms with Crippen LogP contribution in [-0.4, -0.2) is 0 Å². The van der Waals surface area contributed by atoms with Crippen molar-refractivity contribution >= 4 is 0 Å². The van der Waals surface area contributed by atoms with E-state index < -0.39 is 0 Å². The summed E-state index contributed by atoms with van der Waals surface area (Å²) < 4.78 is 12.9. The smallest absolute Gasteiger partial charge is 0.123 e. The molecule has 0 aromatic heterocycles. The monoisotopic (exact) mass is 227 g/mol. The Bertz CT molecular complexity index is 520. The molecule has 0 bridgehead atoms. The Morgan fingerprint density at radius 3 is 1.94 bits per heavy atom. The van der Waals surface area contributed by atoms with E-state index in [1.807, 2.05) is 12.1 Å². The number of rotatable bonds is 1. The van der Waals surface area contributed by atoms with Crippen LogP contribution in [0.4, 0.5) is 4.39 Å². The van der Waals surface area contributed by atoms with Gasteiger partial charge >= 0.3 is 0 Å². The van der Waals surface area contributed by atoms with Gasteiger partial charge in [-0.3, -0.25) is 0 Å². The first-order valence-corrected chi connectivity index (χ1v) is 5.79. The van der Waals surface area contributed by atoms with Crippen molar-refractivity contribution in [3.63, 3.8) is 0 Å². The molecule has 0 heterocycles. The molecule has 0 radical (unpaired) electrons. The molecule has 1 aliphatic rings. The van der Waals surface area contributed by atoms with Crippen LogP contribution < -0.4 is 5.73 Å². The van der Waals surface area contributed by atoms with Crippen LogP contribution in [0.2, 0.25) is 0 Å². The SMILES string of the molecule is NC1(c2ccc(F)cc2)Cc2ccccc2C1. The number of halogens is 1. The van der Waals surface area contributed by atoms with Crippen LogP contribution in [0.25, 0.3) is 0 Å². The molecule has 17 heavy (non-hydrogen) atoms. The highest BCUT2D eigenvalue weighted by atomic mass is 19.1. The summed E-state index contributed by atoms with van der Waals surface area (Å²) in [6.45, 7) is 0. The molecule has 3 rings (SSSR count). The van der Waals surface area contributed by atoms with Gasteiger partial charge in [0.1, 0.15) is 5.82 Å². The molecule has 2 heteroatoms. The molecule has 0 spiro atoms. The Hall–Kier alpha value is -1.67. The summed E-state index contributed by atoms with van der Waals surface area (Å²) in [6.07, 6.45) is 1.66. The summed E-state index contributed by atoms with van der Waals surface area (Å²) in [7, 11) is 0. The van der Waals surface area contributed by atoms with Gasteiger partial charge in [-0.25, -0.2) is 4.39 Å². The third kappa shape index (κ3) is 1.75. The lowest BCUT2D eigenvalue weighted by Crippen LogP contribution is -2.37. The lowest BCUT2D eigenvalue weighted by atomic mass is 9.88. The summed E-state index contributed by atoms with van der Waals surface area (Å²) in [5.74, 6) is -0.215. The van der Waals surface area contributed by atoms with E-state index in [1.54, 1.807) is 12.1 Å². The molecule has 86 valence electrons. The number of hydrogen-bond acceptors (Lipinski definition) is 1. The molecule has 2 aromatic carbocycles. The van der Waals surface area contributed by atoms with E-state index in [-0.39, 0.29) is 11.4 Å². The van der Waals surface area contributed by atoms with Crippen molar-refractivity contribution in [1.82, 2.24) is 0 Å². The highest BCUT2D eigenvalue weighted by Gasteiger charge is 2.34. The Morgan fingerprint density at radius 1 is 0.882 bits per heavy atom. The summed E-state index contributed by atoms with van der Waals surface area (Å²) in [6, 6.07) is 14.9. The van der Waals surface area contributed by atoms with Crippen molar-refractivity contribution in [3.8, 4) is 0 Å². The zero-order chi connectivity index (χ0) is 11.9. The van der Waals surface area contributed by atoms with Gasteiger partial charge in [0.25, 0.3) is 0 Å². The van der Waals surface area contributed by atoms with Crippen LogP contribution in [0.3, 0.4) is 0 Å². The molecule has 2 N–H and O–H groups in total. The number of fused-ring (bicyclic) bond motifs is 1. The second-order valence-corrected chi connectivity index (χ2v) is 4.79. The van der Waals surface area contributed by atoms with Crippen molar-refractivity contribution in [1.29, 1.82) is 0 Å². The van der Waals surface area contributed by atoms with Gasteiger partial charge in [0.15, 0.2) is 0 Å². The van der Waals surface area contributed by atoms with Crippen LogP contribution in [0.5, 0.6) is 0 Å². The minimum absolute atomic E-state index is 0.215. The standard InChI is InChI=1S/C15H14FN/c16-14-7-5-13(6-8-14)15(17)9-11-3-1-2-4-12(11)10-15/h1-8H,9-10,17H2. The topological polar surface area (TPSA) is 26.0 Å². The average Bonchev–Trinajstić information content (AvgIpc) is 2.67. The fraction of sp³-hybridized carbons (Fsp3) is 0.200. The van der Waals surface area contributed by atoms with Crippen molar-refractivity contribution in [3.05, 3.63) is 71.0 Å². The van der Waals surface area contributed by atoms with Crippen LogP contribution in [-0.2, 0) is 18.4 Å². The minimum Gasteiger partial charge on any atom is -0.321 e. The van der Waals surface area contributed by atoms with Gasteiger partial charge in [-0.15, -0.1) is 0 Å². The van der Waals surface area contributed by atoms with Crippen LogP contribution >= 0.6 is 0 Å². The van der Waals surface area contributed by atoms with E-state index in [9.17, 15) is 4.39 Å². The van der Waals surface area contributed by atoms with E-state index >= 15 is 0 Å². The number of nitrogens with two attached hydrogens (primary N) is 1. The van der Waals surface area contributed by atoms with Gasteiger partial charge in [0.05, 0.1) is 0 Å².